The molecule has 4 aromatic rings. The highest BCUT2D eigenvalue weighted by molar-refractivity contribution is 8.14. The van der Waals surface area contributed by atoms with Crippen LogP contribution in [0.5, 0.6) is 0 Å². The van der Waals surface area contributed by atoms with Gasteiger partial charge in [0, 0.05) is 40.1 Å². The fourth-order valence-electron chi connectivity index (χ4n) is 4.47. The molecule has 0 saturated carbocycles. The average molecular weight is 583 g/mol. The normalized spacial score (nSPS) is 17.2. The summed E-state index contributed by atoms with van der Waals surface area (Å²) in [7, 11) is 0.213. The summed E-state index contributed by atoms with van der Waals surface area (Å²) >= 11 is 1.39. The first-order chi connectivity index (χ1) is 19.3. The van der Waals surface area contributed by atoms with Crippen molar-refractivity contribution in [1.29, 1.82) is 0 Å². The summed E-state index contributed by atoms with van der Waals surface area (Å²) in [6.07, 6.45) is 1.00. The smallest absolute Gasteiger partial charge is 0.382 e. The van der Waals surface area contributed by atoms with Crippen LogP contribution >= 0.6 is 22.4 Å². The van der Waals surface area contributed by atoms with Gasteiger partial charge in [-0.3, -0.25) is 4.72 Å². The highest BCUT2D eigenvalue weighted by atomic mass is 32.2. The lowest BCUT2D eigenvalue weighted by atomic mass is 10.1. The monoisotopic (exact) mass is 582 g/mol. The first kappa shape index (κ1) is 27.9. The Morgan fingerprint density at radius 1 is 1.05 bits per heavy atom. The van der Waals surface area contributed by atoms with Crippen LogP contribution in [-0.2, 0) is 6.54 Å². The molecular formula is C29H29F3N6S2. The van der Waals surface area contributed by atoms with Crippen molar-refractivity contribution in [2.45, 2.75) is 36.5 Å². The number of hydrogen-bond donors (Lipinski definition) is 3. The molecule has 0 radical (unpaired) electrons. The van der Waals surface area contributed by atoms with E-state index in [4.69, 9.17) is 0 Å². The molecule has 5 rings (SSSR count). The van der Waals surface area contributed by atoms with E-state index in [1.54, 1.807) is 36.7 Å². The maximum Gasteiger partial charge on any atom is 0.406 e. The van der Waals surface area contributed by atoms with Crippen LogP contribution in [0.15, 0.2) is 71.9 Å². The van der Waals surface area contributed by atoms with E-state index in [9.17, 15) is 13.2 Å². The molecule has 2 aromatic carbocycles. The van der Waals surface area contributed by atoms with Crippen molar-refractivity contribution in [3.63, 3.8) is 0 Å². The number of nitrogens with one attached hydrogen (secondary N) is 3. The van der Waals surface area contributed by atoms with Gasteiger partial charge in [0.15, 0.2) is 0 Å². The third-order valence-corrected chi connectivity index (χ3v) is 8.85. The van der Waals surface area contributed by atoms with Gasteiger partial charge in [0.1, 0.15) is 6.54 Å². The van der Waals surface area contributed by atoms with Crippen molar-refractivity contribution in [1.82, 2.24) is 14.5 Å². The summed E-state index contributed by atoms with van der Waals surface area (Å²) in [5.41, 5.74) is 2.57. The number of rotatable bonds is 8. The van der Waals surface area contributed by atoms with E-state index < -0.39 is 12.7 Å². The molecule has 0 unspecified atom stereocenters. The van der Waals surface area contributed by atoms with E-state index in [-0.39, 0.29) is 17.0 Å². The molecule has 208 valence electrons. The standard InChI is InChI=1S/C29H29F3N6S2/c1-40-17-12-22(13-18-40)36-26-6-2-7-27-25(26)19-23(38(27)20-29(30,31)32)5-3-14-33-21-8-10-24(11-9-21)39-37-28-34-15-4-16-35-28/h2,4,6-11,15-16,19,22,33,36H,1,12-14,17-18,20H2,(H,34,35,37). The van der Waals surface area contributed by atoms with Gasteiger partial charge in [-0.15, -0.1) is 0 Å². The number of benzene rings is 2. The lowest BCUT2D eigenvalue weighted by Gasteiger charge is -2.26. The molecule has 1 aliphatic heterocycles. The summed E-state index contributed by atoms with van der Waals surface area (Å²) in [5, 5.41) is 7.53. The van der Waals surface area contributed by atoms with E-state index in [1.165, 1.54) is 16.5 Å². The van der Waals surface area contributed by atoms with E-state index in [0.29, 0.717) is 23.2 Å². The zero-order chi connectivity index (χ0) is 28.0. The van der Waals surface area contributed by atoms with E-state index in [2.05, 4.69) is 43.0 Å². The Balaban J connectivity index is 1.27. The lowest BCUT2D eigenvalue weighted by molar-refractivity contribution is -0.140. The molecule has 0 atom stereocenters. The molecule has 1 aliphatic rings. The maximum atomic E-state index is 13.5. The number of nitrogens with zero attached hydrogens (tertiary/aromatic N) is 3. The number of fused-ring (bicyclic) bond motifs is 1. The van der Waals surface area contributed by atoms with Crippen LogP contribution in [0, 0.1) is 11.8 Å². The minimum absolute atomic E-state index is 0.213. The molecule has 11 heteroatoms. The summed E-state index contributed by atoms with van der Waals surface area (Å²) in [6.45, 7) is -0.803. The van der Waals surface area contributed by atoms with E-state index in [0.717, 1.165) is 46.0 Å². The van der Waals surface area contributed by atoms with Crippen LogP contribution in [0.1, 0.15) is 18.5 Å². The molecule has 40 heavy (non-hydrogen) atoms. The molecule has 6 nitrogen and oxygen atoms in total. The Hall–Kier alpha value is -3.62. The highest BCUT2D eigenvalue weighted by Crippen LogP contribution is 2.32. The minimum Gasteiger partial charge on any atom is -0.382 e. The maximum absolute atomic E-state index is 13.5. The van der Waals surface area contributed by atoms with Gasteiger partial charge < -0.3 is 15.2 Å². The summed E-state index contributed by atoms with van der Waals surface area (Å²) in [6, 6.07) is 17.0. The van der Waals surface area contributed by atoms with Crippen LogP contribution in [0.4, 0.5) is 30.5 Å². The molecular weight excluding hydrogens is 553 g/mol. The number of halogens is 3. The third-order valence-electron chi connectivity index (χ3n) is 6.43. The number of alkyl halides is 3. The van der Waals surface area contributed by atoms with Gasteiger partial charge in [0.25, 0.3) is 0 Å². The molecule has 2 aromatic heterocycles. The topological polar surface area (TPSA) is 66.8 Å². The number of hydrogen-bond acceptors (Lipinski definition) is 6. The zero-order valence-electron chi connectivity index (χ0n) is 21.7. The van der Waals surface area contributed by atoms with Gasteiger partial charge in [-0.25, -0.2) is 9.97 Å². The van der Waals surface area contributed by atoms with Crippen LogP contribution in [0.3, 0.4) is 0 Å². The Kier molecular flexibility index (Phi) is 8.87. The van der Waals surface area contributed by atoms with E-state index >= 15 is 0 Å². The fraction of sp³-hybridized carbons (Fsp3) is 0.276. The van der Waals surface area contributed by atoms with Gasteiger partial charge in [0.2, 0.25) is 5.95 Å². The van der Waals surface area contributed by atoms with Gasteiger partial charge in [-0.1, -0.05) is 17.9 Å². The van der Waals surface area contributed by atoms with Crippen molar-refractivity contribution >= 4 is 56.5 Å². The minimum atomic E-state index is -4.36. The summed E-state index contributed by atoms with van der Waals surface area (Å²) in [5.74, 6) is 12.8. The zero-order valence-corrected chi connectivity index (χ0v) is 23.3. The Morgan fingerprint density at radius 3 is 2.52 bits per heavy atom. The number of anilines is 3. The molecule has 1 saturated heterocycles. The second kappa shape index (κ2) is 12.7. The largest absolute Gasteiger partial charge is 0.406 e. The van der Waals surface area contributed by atoms with Gasteiger partial charge >= 0.3 is 6.18 Å². The van der Waals surface area contributed by atoms with Crippen LogP contribution in [0.25, 0.3) is 10.9 Å². The van der Waals surface area contributed by atoms with Gasteiger partial charge in [-0.2, -0.15) is 23.7 Å². The Bertz CT molecular complexity index is 1520. The predicted octanol–water partition coefficient (Wildman–Crippen LogP) is 6.85. The van der Waals surface area contributed by atoms with Gasteiger partial charge in [-0.05, 0) is 90.7 Å². The molecule has 3 N–H and O–H groups in total. The first-order valence-corrected chi connectivity index (χ1v) is 15.3. The quantitative estimate of drug-likeness (QED) is 0.120. The second-order valence-electron chi connectivity index (χ2n) is 9.36. The van der Waals surface area contributed by atoms with Crippen molar-refractivity contribution in [2.24, 2.45) is 0 Å². The SMILES string of the molecule is C=S1CCC(Nc2cccc3c2cc(C#CCNc2ccc(SNc4ncccn4)cc2)n3CC(F)(F)F)CC1. The van der Waals surface area contributed by atoms with Gasteiger partial charge in [0.05, 0.1) is 17.8 Å². The molecule has 0 amide bonds. The molecule has 0 bridgehead atoms. The molecule has 0 aliphatic carbocycles. The highest BCUT2D eigenvalue weighted by Gasteiger charge is 2.30. The van der Waals surface area contributed by atoms with Crippen LogP contribution < -0.4 is 15.4 Å². The molecule has 3 heterocycles. The summed E-state index contributed by atoms with van der Waals surface area (Å²) in [4.78, 5) is 9.21. The van der Waals surface area contributed by atoms with Crippen molar-refractivity contribution in [3.05, 3.63) is 72.7 Å². The third kappa shape index (κ3) is 7.52. The van der Waals surface area contributed by atoms with Crippen molar-refractivity contribution in [2.75, 3.05) is 33.4 Å². The number of aromatic nitrogens is 3. The molecule has 1 fully saturated rings. The molecule has 0 spiro atoms. The van der Waals surface area contributed by atoms with Crippen molar-refractivity contribution < 1.29 is 13.2 Å². The van der Waals surface area contributed by atoms with E-state index in [1.807, 2.05) is 30.3 Å². The van der Waals surface area contributed by atoms with Crippen LogP contribution in [-0.4, -0.2) is 50.7 Å². The van der Waals surface area contributed by atoms with Crippen molar-refractivity contribution in [3.8, 4) is 11.8 Å². The first-order valence-electron chi connectivity index (χ1n) is 12.8. The fourth-order valence-corrected chi connectivity index (χ4v) is 6.50. The predicted molar refractivity (Wildman–Crippen MR) is 162 cm³/mol. The Morgan fingerprint density at radius 2 is 1.80 bits per heavy atom. The Labute approximate surface area is 238 Å². The second-order valence-corrected chi connectivity index (χ2v) is 12.3. The average Bonchev–Trinajstić information content (AvgIpc) is 3.29. The summed E-state index contributed by atoms with van der Waals surface area (Å²) < 4.78 is 44.9. The lowest BCUT2D eigenvalue weighted by Crippen LogP contribution is -2.25. The van der Waals surface area contributed by atoms with Crippen LogP contribution in [0.2, 0.25) is 0 Å².